The molecule has 0 spiro atoms. The fourth-order valence-corrected chi connectivity index (χ4v) is 6.11. The van der Waals surface area contributed by atoms with Crippen molar-refractivity contribution >= 4 is 21.6 Å². The van der Waals surface area contributed by atoms with Crippen LogP contribution in [-0.2, 0) is 27.7 Å². The quantitative estimate of drug-likeness (QED) is 0.444. The van der Waals surface area contributed by atoms with Gasteiger partial charge in [-0.3, -0.25) is 9.10 Å². The van der Waals surface area contributed by atoms with Gasteiger partial charge in [0.05, 0.1) is 16.6 Å². The Kier molecular flexibility index (Phi) is 7.60. The van der Waals surface area contributed by atoms with Crippen molar-refractivity contribution in [2.45, 2.75) is 63.8 Å². The Bertz CT molecular complexity index is 1300. The fraction of sp³-hybridized carbons (Fsp3) is 0.345. The Balaban J connectivity index is 1.61. The van der Waals surface area contributed by atoms with Crippen LogP contribution >= 0.6 is 0 Å². The number of rotatable bonds is 8. The van der Waals surface area contributed by atoms with Gasteiger partial charge < -0.3 is 5.32 Å². The van der Waals surface area contributed by atoms with E-state index in [1.807, 2.05) is 32.9 Å². The van der Waals surface area contributed by atoms with Crippen molar-refractivity contribution in [2.24, 2.45) is 0 Å². The average molecular weight is 491 g/mol. The largest absolute Gasteiger partial charge is 0.348 e. The zero-order valence-electron chi connectivity index (χ0n) is 20.8. The number of benzene rings is 3. The molecule has 1 aliphatic carbocycles. The van der Waals surface area contributed by atoms with Crippen LogP contribution in [0.3, 0.4) is 0 Å². The van der Waals surface area contributed by atoms with Gasteiger partial charge in [0.15, 0.2) is 0 Å². The van der Waals surface area contributed by atoms with Crippen LogP contribution in [-0.4, -0.2) is 20.9 Å². The van der Waals surface area contributed by atoms with E-state index in [1.54, 1.807) is 36.4 Å². The molecule has 0 fully saturated rings. The van der Waals surface area contributed by atoms with Crippen molar-refractivity contribution in [1.82, 2.24) is 5.32 Å². The third-order valence-corrected chi connectivity index (χ3v) is 8.70. The lowest BCUT2D eigenvalue weighted by molar-refractivity contribution is -0.120. The minimum Gasteiger partial charge on any atom is -0.348 e. The molecule has 0 aliphatic heterocycles. The second-order valence-corrected chi connectivity index (χ2v) is 11.2. The highest BCUT2D eigenvalue weighted by Gasteiger charge is 2.28. The summed E-state index contributed by atoms with van der Waals surface area (Å²) in [6, 6.07) is 20.1. The van der Waals surface area contributed by atoms with Gasteiger partial charge in [-0.05, 0) is 98.0 Å². The van der Waals surface area contributed by atoms with Crippen molar-refractivity contribution in [3.05, 3.63) is 94.5 Å². The predicted octanol–water partition coefficient (Wildman–Crippen LogP) is 5.65. The first-order valence-electron chi connectivity index (χ1n) is 12.4. The monoisotopic (exact) mass is 490 g/mol. The Labute approximate surface area is 209 Å². The number of hydrogen-bond donors (Lipinski definition) is 1. The van der Waals surface area contributed by atoms with Crippen molar-refractivity contribution in [3.63, 3.8) is 0 Å². The molecule has 0 radical (unpaired) electrons. The summed E-state index contributed by atoms with van der Waals surface area (Å²) in [6.07, 6.45) is 5.33. The minimum absolute atomic E-state index is 0.160. The van der Waals surface area contributed by atoms with Crippen LogP contribution in [0.2, 0.25) is 0 Å². The maximum absolute atomic E-state index is 13.6. The number of anilines is 1. The smallest absolute Gasteiger partial charge is 0.264 e. The Morgan fingerprint density at radius 1 is 0.914 bits per heavy atom. The second-order valence-electron chi connectivity index (χ2n) is 9.36. The van der Waals surface area contributed by atoms with Gasteiger partial charge in [0.25, 0.3) is 10.0 Å². The van der Waals surface area contributed by atoms with E-state index in [0.29, 0.717) is 5.69 Å². The first kappa shape index (κ1) is 25.0. The lowest BCUT2D eigenvalue weighted by Gasteiger charge is -2.26. The van der Waals surface area contributed by atoms with Gasteiger partial charge >= 0.3 is 0 Å². The highest BCUT2D eigenvalue weighted by Crippen LogP contribution is 2.28. The molecular weight excluding hydrogens is 456 g/mol. The second kappa shape index (κ2) is 10.6. The summed E-state index contributed by atoms with van der Waals surface area (Å²) < 4.78 is 28.4. The number of sulfonamides is 1. The van der Waals surface area contributed by atoms with E-state index >= 15 is 0 Å². The molecule has 1 atom stereocenters. The summed E-state index contributed by atoms with van der Waals surface area (Å²) >= 11 is 0. The summed E-state index contributed by atoms with van der Waals surface area (Å²) in [6.45, 7) is 5.66. The van der Waals surface area contributed by atoms with Crippen molar-refractivity contribution in [1.29, 1.82) is 0 Å². The fourth-order valence-electron chi connectivity index (χ4n) is 4.68. The molecule has 35 heavy (non-hydrogen) atoms. The molecular formula is C29H34N2O3S. The van der Waals surface area contributed by atoms with E-state index < -0.39 is 10.0 Å². The SMILES string of the molecule is CC[C@@H](NC(=O)CN(c1ccc(C)c(C)c1)S(=O)(=O)c1ccccc1)c1ccc2c(c1)CCCC2. The molecule has 5 nitrogen and oxygen atoms in total. The van der Waals surface area contributed by atoms with Crippen LogP contribution in [0.15, 0.2) is 71.6 Å². The van der Waals surface area contributed by atoms with Gasteiger partial charge in [0.1, 0.15) is 6.54 Å². The van der Waals surface area contributed by atoms with Gasteiger partial charge in [0.2, 0.25) is 5.91 Å². The molecule has 184 valence electrons. The van der Waals surface area contributed by atoms with Gasteiger partial charge in [-0.1, -0.05) is 49.4 Å². The molecule has 6 heteroatoms. The van der Waals surface area contributed by atoms with E-state index in [2.05, 4.69) is 23.5 Å². The number of hydrogen-bond acceptors (Lipinski definition) is 3. The number of nitrogens with one attached hydrogen (secondary N) is 1. The Hall–Kier alpha value is -3.12. The first-order chi connectivity index (χ1) is 16.8. The summed E-state index contributed by atoms with van der Waals surface area (Å²) in [5.74, 6) is -0.327. The predicted molar refractivity (Wildman–Crippen MR) is 141 cm³/mol. The van der Waals surface area contributed by atoms with Gasteiger partial charge in [-0.2, -0.15) is 0 Å². The highest BCUT2D eigenvalue weighted by atomic mass is 32.2. The summed E-state index contributed by atoms with van der Waals surface area (Å²) in [4.78, 5) is 13.4. The highest BCUT2D eigenvalue weighted by molar-refractivity contribution is 7.92. The normalized spacial score (nSPS) is 14.1. The average Bonchev–Trinajstić information content (AvgIpc) is 2.87. The third-order valence-electron chi connectivity index (χ3n) is 6.92. The number of carbonyl (C=O) groups is 1. The lowest BCUT2D eigenvalue weighted by Crippen LogP contribution is -2.42. The molecule has 0 bridgehead atoms. The van der Waals surface area contributed by atoms with Crippen LogP contribution in [0.25, 0.3) is 0 Å². The number of fused-ring (bicyclic) bond motifs is 1. The van der Waals surface area contributed by atoms with Gasteiger partial charge in [0, 0.05) is 0 Å². The zero-order valence-corrected chi connectivity index (χ0v) is 21.6. The van der Waals surface area contributed by atoms with E-state index in [-0.39, 0.29) is 23.4 Å². The van der Waals surface area contributed by atoms with Crippen LogP contribution in [0.4, 0.5) is 5.69 Å². The number of nitrogens with zero attached hydrogens (tertiary/aromatic N) is 1. The molecule has 3 aromatic rings. The van der Waals surface area contributed by atoms with Gasteiger partial charge in [-0.25, -0.2) is 8.42 Å². The van der Waals surface area contributed by atoms with Crippen molar-refractivity contribution in [3.8, 4) is 0 Å². The zero-order chi connectivity index (χ0) is 25.0. The minimum atomic E-state index is -3.93. The standard InChI is InChI=1S/C29H34N2O3S/c1-4-28(25-16-15-23-10-8-9-11-24(23)19-25)30-29(32)20-31(26-17-14-21(2)22(3)18-26)35(33,34)27-12-6-5-7-13-27/h5-7,12-19,28H,4,8-11,20H2,1-3H3,(H,30,32)/t28-/m1/s1. The first-order valence-corrected chi connectivity index (χ1v) is 13.8. The molecule has 0 unspecified atom stereocenters. The molecule has 0 saturated heterocycles. The van der Waals surface area contributed by atoms with E-state index in [9.17, 15) is 13.2 Å². The molecule has 0 heterocycles. The van der Waals surface area contributed by atoms with Crippen LogP contribution < -0.4 is 9.62 Å². The van der Waals surface area contributed by atoms with E-state index in [0.717, 1.165) is 36.0 Å². The maximum atomic E-state index is 13.6. The number of amides is 1. The molecule has 0 saturated carbocycles. The Morgan fingerprint density at radius 2 is 1.63 bits per heavy atom. The van der Waals surface area contributed by atoms with Crippen molar-refractivity contribution < 1.29 is 13.2 Å². The van der Waals surface area contributed by atoms with Crippen molar-refractivity contribution in [2.75, 3.05) is 10.8 Å². The lowest BCUT2D eigenvalue weighted by atomic mass is 9.89. The van der Waals surface area contributed by atoms with Gasteiger partial charge in [-0.15, -0.1) is 0 Å². The number of aryl methyl sites for hydroxylation is 4. The van der Waals surface area contributed by atoms with Crippen LogP contribution in [0.1, 0.15) is 60.0 Å². The van der Waals surface area contributed by atoms with Crippen LogP contribution in [0, 0.1) is 13.8 Å². The molecule has 3 aromatic carbocycles. The molecule has 4 rings (SSSR count). The Morgan fingerprint density at radius 3 is 2.31 bits per heavy atom. The summed E-state index contributed by atoms with van der Waals surface area (Å²) in [5, 5.41) is 3.09. The summed E-state index contributed by atoms with van der Waals surface area (Å²) in [7, 11) is -3.93. The third kappa shape index (κ3) is 5.59. The topological polar surface area (TPSA) is 66.5 Å². The molecule has 1 aliphatic rings. The maximum Gasteiger partial charge on any atom is 0.264 e. The molecule has 1 N–H and O–H groups in total. The van der Waals surface area contributed by atoms with E-state index in [4.69, 9.17) is 0 Å². The molecule has 1 amide bonds. The van der Waals surface area contributed by atoms with Crippen LogP contribution in [0.5, 0.6) is 0 Å². The summed E-state index contributed by atoms with van der Waals surface area (Å²) in [5.41, 5.74) is 6.35. The van der Waals surface area contributed by atoms with E-state index in [1.165, 1.54) is 28.3 Å². The molecule has 0 aromatic heterocycles. The number of carbonyl (C=O) groups excluding carboxylic acids is 1.